The van der Waals surface area contributed by atoms with Gasteiger partial charge in [0, 0.05) is 30.3 Å². The van der Waals surface area contributed by atoms with E-state index in [0.717, 1.165) is 6.42 Å². The van der Waals surface area contributed by atoms with E-state index in [4.69, 9.17) is 5.73 Å². The van der Waals surface area contributed by atoms with E-state index in [1.54, 1.807) is 24.3 Å². The molecule has 0 aliphatic heterocycles. The third kappa shape index (κ3) is 8.89. The Bertz CT molecular complexity index is 551. The van der Waals surface area contributed by atoms with E-state index >= 15 is 0 Å². The van der Waals surface area contributed by atoms with Crippen molar-refractivity contribution in [2.24, 2.45) is 17.1 Å². The second kappa shape index (κ2) is 10.4. The van der Waals surface area contributed by atoms with Crippen LogP contribution in [0.4, 0.5) is 0 Å². The van der Waals surface area contributed by atoms with Crippen LogP contribution in [-0.2, 0) is 0 Å². The monoisotopic (exact) mass is 369 g/mol. The van der Waals surface area contributed by atoms with E-state index in [2.05, 4.69) is 45.3 Å². The molecule has 5 nitrogen and oxygen atoms in total. The van der Waals surface area contributed by atoms with Crippen LogP contribution in [0, 0.1) is 11.3 Å². The highest BCUT2D eigenvalue weighted by Gasteiger charge is 2.16. The summed E-state index contributed by atoms with van der Waals surface area (Å²) in [5, 5.41) is 5.84. The standard InChI is InChI=1S/C19H31N3O2.ClH/c1-13(2)10-16(11-20)22-18(24)15-8-6-14(7-9-15)17(23)21-12-19(3,4)5;/h6-9,13,16H,10-12,20H2,1-5H3,(H,21,23)(H,22,24);1H. The number of nitrogens with one attached hydrogen (secondary N) is 2. The van der Waals surface area contributed by atoms with Gasteiger partial charge in [0.2, 0.25) is 0 Å². The summed E-state index contributed by atoms with van der Waals surface area (Å²) < 4.78 is 0. The molecule has 0 saturated carbocycles. The van der Waals surface area contributed by atoms with Gasteiger partial charge in [0.05, 0.1) is 0 Å². The lowest BCUT2D eigenvalue weighted by molar-refractivity contribution is 0.0924. The number of nitrogens with two attached hydrogens (primary N) is 1. The predicted octanol–water partition coefficient (Wildman–Crippen LogP) is 2.99. The summed E-state index contributed by atoms with van der Waals surface area (Å²) >= 11 is 0. The van der Waals surface area contributed by atoms with Gasteiger partial charge in [-0.1, -0.05) is 34.6 Å². The van der Waals surface area contributed by atoms with Crippen molar-refractivity contribution in [2.45, 2.75) is 47.1 Å². The van der Waals surface area contributed by atoms with Gasteiger partial charge in [-0.2, -0.15) is 0 Å². The summed E-state index contributed by atoms with van der Waals surface area (Å²) in [5.74, 6) is 0.178. The summed E-state index contributed by atoms with van der Waals surface area (Å²) in [6.45, 7) is 11.4. The minimum absolute atomic E-state index is 0. The minimum Gasteiger partial charge on any atom is -0.352 e. The number of rotatable bonds is 7. The van der Waals surface area contributed by atoms with E-state index in [0.29, 0.717) is 30.1 Å². The number of hydrogen-bond acceptors (Lipinski definition) is 3. The average molecular weight is 370 g/mol. The molecule has 0 fully saturated rings. The molecule has 0 aliphatic rings. The number of halogens is 1. The summed E-state index contributed by atoms with van der Waals surface area (Å²) in [4.78, 5) is 24.4. The molecule has 4 N–H and O–H groups in total. The summed E-state index contributed by atoms with van der Waals surface area (Å²) in [6.07, 6.45) is 0.843. The van der Waals surface area contributed by atoms with E-state index in [9.17, 15) is 9.59 Å². The molecule has 0 heterocycles. The van der Waals surface area contributed by atoms with Crippen molar-refractivity contribution in [3.63, 3.8) is 0 Å². The molecule has 1 rings (SSSR count). The van der Waals surface area contributed by atoms with Gasteiger partial charge in [-0.15, -0.1) is 12.4 Å². The van der Waals surface area contributed by atoms with Gasteiger partial charge in [-0.05, 0) is 42.0 Å². The van der Waals surface area contributed by atoms with E-state index in [1.807, 2.05) is 0 Å². The first kappa shape index (κ1) is 23.4. The first-order chi connectivity index (χ1) is 11.1. The molecule has 6 heteroatoms. The molecule has 0 aliphatic carbocycles. The first-order valence-corrected chi connectivity index (χ1v) is 8.51. The quantitative estimate of drug-likeness (QED) is 0.690. The van der Waals surface area contributed by atoms with Crippen molar-refractivity contribution in [1.29, 1.82) is 0 Å². The lowest BCUT2D eigenvalue weighted by Gasteiger charge is -2.19. The number of carbonyl (C=O) groups is 2. The van der Waals surface area contributed by atoms with Crippen molar-refractivity contribution in [3.05, 3.63) is 35.4 Å². The van der Waals surface area contributed by atoms with Gasteiger partial charge in [0.1, 0.15) is 0 Å². The maximum absolute atomic E-state index is 12.3. The van der Waals surface area contributed by atoms with Gasteiger partial charge < -0.3 is 16.4 Å². The fourth-order valence-electron chi connectivity index (χ4n) is 2.27. The molecule has 0 spiro atoms. The number of amides is 2. The van der Waals surface area contributed by atoms with E-state index in [1.165, 1.54) is 0 Å². The second-order valence-corrected chi connectivity index (χ2v) is 7.86. The molecule has 1 aromatic rings. The Hall–Kier alpha value is -1.59. The maximum Gasteiger partial charge on any atom is 0.251 e. The fraction of sp³-hybridized carbons (Fsp3) is 0.579. The van der Waals surface area contributed by atoms with Crippen molar-refractivity contribution < 1.29 is 9.59 Å². The number of benzene rings is 1. The van der Waals surface area contributed by atoms with Crippen LogP contribution < -0.4 is 16.4 Å². The zero-order valence-electron chi connectivity index (χ0n) is 15.9. The Morgan fingerprint density at radius 3 is 1.92 bits per heavy atom. The van der Waals surface area contributed by atoms with Crippen LogP contribution in [0.2, 0.25) is 0 Å². The van der Waals surface area contributed by atoms with Crippen LogP contribution in [0.5, 0.6) is 0 Å². The molecule has 142 valence electrons. The third-order valence-electron chi connectivity index (χ3n) is 3.56. The minimum atomic E-state index is -0.159. The maximum atomic E-state index is 12.3. The highest BCUT2D eigenvalue weighted by Crippen LogP contribution is 2.12. The van der Waals surface area contributed by atoms with Crippen LogP contribution in [0.1, 0.15) is 61.8 Å². The lowest BCUT2D eigenvalue weighted by Crippen LogP contribution is -2.41. The number of hydrogen-bond donors (Lipinski definition) is 3. The summed E-state index contributed by atoms with van der Waals surface area (Å²) in [7, 11) is 0. The SMILES string of the molecule is CC(C)CC(CN)NC(=O)c1ccc(C(=O)NCC(C)(C)C)cc1.Cl. The molecule has 1 aromatic carbocycles. The van der Waals surface area contributed by atoms with Crippen LogP contribution in [-0.4, -0.2) is 30.9 Å². The topological polar surface area (TPSA) is 84.2 Å². The van der Waals surface area contributed by atoms with Crippen LogP contribution in [0.15, 0.2) is 24.3 Å². The molecule has 25 heavy (non-hydrogen) atoms. The molecule has 1 atom stereocenters. The van der Waals surface area contributed by atoms with Gasteiger partial charge in [-0.3, -0.25) is 9.59 Å². The van der Waals surface area contributed by atoms with Crippen molar-refractivity contribution in [1.82, 2.24) is 10.6 Å². The molecule has 0 aromatic heterocycles. The molecule has 2 amide bonds. The average Bonchev–Trinajstić information content (AvgIpc) is 2.50. The Morgan fingerprint density at radius 2 is 1.52 bits per heavy atom. The Morgan fingerprint density at radius 1 is 1.04 bits per heavy atom. The van der Waals surface area contributed by atoms with Crippen molar-refractivity contribution >= 4 is 24.2 Å². The van der Waals surface area contributed by atoms with Gasteiger partial charge in [-0.25, -0.2) is 0 Å². The van der Waals surface area contributed by atoms with Gasteiger partial charge in [0.25, 0.3) is 11.8 Å². The molecule has 1 unspecified atom stereocenters. The summed E-state index contributed by atoms with van der Waals surface area (Å²) in [5.41, 5.74) is 6.82. The number of carbonyl (C=O) groups excluding carboxylic acids is 2. The van der Waals surface area contributed by atoms with Gasteiger partial charge in [0.15, 0.2) is 0 Å². The Kier molecular flexibility index (Phi) is 9.75. The Balaban J connectivity index is 0.00000576. The lowest BCUT2D eigenvalue weighted by atomic mass is 9.97. The fourth-order valence-corrected chi connectivity index (χ4v) is 2.27. The molecular weight excluding hydrogens is 338 g/mol. The van der Waals surface area contributed by atoms with Crippen LogP contribution >= 0.6 is 12.4 Å². The van der Waals surface area contributed by atoms with E-state index in [-0.39, 0.29) is 35.7 Å². The highest BCUT2D eigenvalue weighted by molar-refractivity contribution is 5.97. The van der Waals surface area contributed by atoms with Crippen molar-refractivity contribution in [3.8, 4) is 0 Å². The predicted molar refractivity (Wildman–Crippen MR) is 105 cm³/mol. The smallest absolute Gasteiger partial charge is 0.251 e. The van der Waals surface area contributed by atoms with E-state index < -0.39 is 0 Å². The summed E-state index contributed by atoms with van der Waals surface area (Å²) in [6, 6.07) is 6.65. The third-order valence-corrected chi connectivity index (χ3v) is 3.56. The second-order valence-electron chi connectivity index (χ2n) is 7.86. The Labute approximate surface area is 157 Å². The molecule has 0 saturated heterocycles. The van der Waals surface area contributed by atoms with Crippen molar-refractivity contribution in [2.75, 3.05) is 13.1 Å². The molecular formula is C19H32ClN3O2. The van der Waals surface area contributed by atoms with Crippen LogP contribution in [0.25, 0.3) is 0 Å². The first-order valence-electron chi connectivity index (χ1n) is 8.51. The van der Waals surface area contributed by atoms with Gasteiger partial charge >= 0.3 is 0 Å². The zero-order chi connectivity index (χ0) is 18.3. The molecule has 0 radical (unpaired) electrons. The highest BCUT2D eigenvalue weighted by atomic mass is 35.5. The molecule has 0 bridgehead atoms. The zero-order valence-corrected chi connectivity index (χ0v) is 16.7. The largest absolute Gasteiger partial charge is 0.352 e. The van der Waals surface area contributed by atoms with Crippen LogP contribution in [0.3, 0.4) is 0 Å². The normalized spacial score (nSPS) is 12.3.